The van der Waals surface area contributed by atoms with Crippen LogP contribution in [-0.2, 0) is 0 Å². The molecule has 2 nitrogen and oxygen atoms in total. The van der Waals surface area contributed by atoms with E-state index in [9.17, 15) is 0 Å². The zero-order valence-corrected chi connectivity index (χ0v) is 13.4. The van der Waals surface area contributed by atoms with Crippen LogP contribution in [0, 0.1) is 0 Å². The molecule has 1 aromatic carbocycles. The summed E-state index contributed by atoms with van der Waals surface area (Å²) in [5.74, 6) is 1.69. The first kappa shape index (κ1) is 12.7. The number of rotatable bonds is 4. The number of ether oxygens (including phenoxy) is 2. The van der Waals surface area contributed by atoms with E-state index in [0.717, 1.165) is 17.9 Å². The lowest BCUT2D eigenvalue weighted by molar-refractivity contribution is 0.313. The molecular weight excluding hydrogens is 404 g/mol. The fourth-order valence-corrected chi connectivity index (χ4v) is 3.81. The van der Waals surface area contributed by atoms with Gasteiger partial charge in [0, 0.05) is 0 Å². The summed E-state index contributed by atoms with van der Waals surface area (Å²) < 4.78 is 10.7. The quantitative estimate of drug-likeness (QED) is 0.691. The molecule has 1 unspecified atom stereocenters. The Kier molecular flexibility index (Phi) is 3.57. The van der Waals surface area contributed by atoms with Gasteiger partial charge in [0.05, 0.1) is 11.4 Å². The SMILES string of the molecule is COc1ccc(OCC2(Br)CC2(Br)Br)cc1. The van der Waals surface area contributed by atoms with Crippen molar-refractivity contribution in [3.63, 3.8) is 0 Å². The molecule has 0 spiro atoms. The van der Waals surface area contributed by atoms with Crippen molar-refractivity contribution in [2.45, 2.75) is 14.0 Å². The Bertz CT molecular complexity index is 377. The molecule has 0 amide bonds. The molecule has 0 aromatic heterocycles. The summed E-state index contributed by atoms with van der Waals surface area (Å²) >= 11 is 10.8. The first-order valence-corrected chi connectivity index (χ1v) is 7.18. The molecule has 2 rings (SSSR count). The Balaban J connectivity index is 1.91. The summed E-state index contributed by atoms with van der Waals surface area (Å²) in [6.45, 7) is 0.621. The van der Waals surface area contributed by atoms with Gasteiger partial charge in [0.2, 0.25) is 0 Å². The Morgan fingerprint density at radius 1 is 1.12 bits per heavy atom. The highest BCUT2D eigenvalue weighted by molar-refractivity contribution is 9.26. The van der Waals surface area contributed by atoms with Gasteiger partial charge in [-0.1, -0.05) is 47.8 Å². The summed E-state index contributed by atoms with van der Waals surface area (Å²) in [5.41, 5.74) is 0. The van der Waals surface area contributed by atoms with Gasteiger partial charge in [-0.25, -0.2) is 0 Å². The number of hydrogen-bond donors (Lipinski definition) is 0. The third-order valence-corrected chi connectivity index (χ3v) is 6.89. The van der Waals surface area contributed by atoms with E-state index in [1.165, 1.54) is 0 Å². The van der Waals surface area contributed by atoms with E-state index in [1.807, 2.05) is 24.3 Å². The molecular formula is C11H11Br3O2. The van der Waals surface area contributed by atoms with Crippen molar-refractivity contribution in [3.05, 3.63) is 24.3 Å². The van der Waals surface area contributed by atoms with Crippen molar-refractivity contribution >= 4 is 47.8 Å². The summed E-state index contributed by atoms with van der Waals surface area (Å²) in [7, 11) is 1.65. The molecule has 0 bridgehead atoms. The van der Waals surface area contributed by atoms with Crippen LogP contribution >= 0.6 is 47.8 Å². The molecule has 16 heavy (non-hydrogen) atoms. The van der Waals surface area contributed by atoms with E-state index < -0.39 is 0 Å². The Morgan fingerprint density at radius 3 is 2.06 bits per heavy atom. The lowest BCUT2D eigenvalue weighted by Gasteiger charge is -2.12. The lowest BCUT2D eigenvalue weighted by atomic mass is 10.3. The maximum atomic E-state index is 5.71. The molecule has 0 radical (unpaired) electrons. The van der Waals surface area contributed by atoms with E-state index in [4.69, 9.17) is 9.47 Å². The number of alkyl halides is 3. The number of benzene rings is 1. The zero-order chi connectivity index (χ0) is 11.8. The molecule has 0 heterocycles. The minimum absolute atomic E-state index is 0.0140. The van der Waals surface area contributed by atoms with Gasteiger partial charge in [-0.3, -0.25) is 0 Å². The predicted octanol–water partition coefficient (Wildman–Crippen LogP) is 4.10. The van der Waals surface area contributed by atoms with Gasteiger partial charge in [-0.15, -0.1) is 0 Å². The van der Waals surface area contributed by atoms with Crippen LogP contribution in [-0.4, -0.2) is 21.3 Å². The van der Waals surface area contributed by atoms with Crippen LogP contribution in [0.5, 0.6) is 11.5 Å². The number of halogens is 3. The van der Waals surface area contributed by atoms with Gasteiger partial charge in [-0.05, 0) is 30.7 Å². The standard InChI is InChI=1S/C11H11Br3O2/c1-15-8-2-4-9(5-3-8)16-7-10(12)6-11(10,13)14/h2-5H,6-7H2,1H3. The average molecular weight is 415 g/mol. The largest absolute Gasteiger partial charge is 0.497 e. The topological polar surface area (TPSA) is 18.5 Å². The van der Waals surface area contributed by atoms with Gasteiger partial charge < -0.3 is 9.47 Å². The summed E-state index contributed by atoms with van der Waals surface area (Å²) in [5, 5.41) is 0. The third-order valence-electron chi connectivity index (χ3n) is 2.56. The molecule has 1 atom stereocenters. The van der Waals surface area contributed by atoms with E-state index in [0.29, 0.717) is 6.61 Å². The molecule has 1 fully saturated rings. The van der Waals surface area contributed by atoms with Gasteiger partial charge in [-0.2, -0.15) is 0 Å². The van der Waals surface area contributed by atoms with Crippen molar-refractivity contribution in [2.24, 2.45) is 0 Å². The minimum atomic E-state index is -0.0283. The molecule has 88 valence electrons. The molecule has 0 saturated heterocycles. The smallest absolute Gasteiger partial charge is 0.119 e. The second kappa shape index (κ2) is 4.50. The second-order valence-electron chi connectivity index (χ2n) is 3.81. The highest BCUT2D eigenvalue weighted by Gasteiger charge is 2.64. The zero-order valence-electron chi connectivity index (χ0n) is 8.67. The molecule has 1 aromatic rings. The van der Waals surface area contributed by atoms with E-state index >= 15 is 0 Å². The maximum Gasteiger partial charge on any atom is 0.119 e. The van der Waals surface area contributed by atoms with Crippen LogP contribution < -0.4 is 9.47 Å². The van der Waals surface area contributed by atoms with Gasteiger partial charge in [0.25, 0.3) is 0 Å². The van der Waals surface area contributed by atoms with Crippen LogP contribution in [0.25, 0.3) is 0 Å². The fourth-order valence-electron chi connectivity index (χ4n) is 1.33. The van der Waals surface area contributed by atoms with E-state index in [2.05, 4.69) is 47.8 Å². The van der Waals surface area contributed by atoms with Gasteiger partial charge in [0.15, 0.2) is 0 Å². The van der Waals surface area contributed by atoms with Crippen molar-refractivity contribution in [3.8, 4) is 11.5 Å². The Morgan fingerprint density at radius 2 is 1.62 bits per heavy atom. The Labute approximate surface area is 120 Å². The summed E-state index contributed by atoms with van der Waals surface area (Å²) in [4.78, 5) is 0. The number of hydrogen-bond acceptors (Lipinski definition) is 2. The van der Waals surface area contributed by atoms with Crippen LogP contribution in [0.3, 0.4) is 0 Å². The summed E-state index contributed by atoms with van der Waals surface area (Å²) in [6.07, 6.45) is 0.996. The maximum absolute atomic E-state index is 5.71. The van der Waals surface area contributed by atoms with Gasteiger partial charge in [0.1, 0.15) is 21.3 Å². The average Bonchev–Trinajstić information content (AvgIpc) is 2.76. The van der Waals surface area contributed by atoms with Crippen molar-refractivity contribution in [1.29, 1.82) is 0 Å². The van der Waals surface area contributed by atoms with Crippen LogP contribution in [0.2, 0.25) is 0 Å². The minimum Gasteiger partial charge on any atom is -0.497 e. The van der Waals surface area contributed by atoms with Crippen molar-refractivity contribution in [1.82, 2.24) is 0 Å². The number of methoxy groups -OCH3 is 1. The monoisotopic (exact) mass is 412 g/mol. The molecule has 1 aliphatic rings. The molecule has 0 aliphatic heterocycles. The van der Waals surface area contributed by atoms with Crippen molar-refractivity contribution in [2.75, 3.05) is 13.7 Å². The molecule has 1 aliphatic carbocycles. The lowest BCUT2D eigenvalue weighted by Crippen LogP contribution is -2.18. The van der Waals surface area contributed by atoms with Crippen LogP contribution in [0.1, 0.15) is 6.42 Å². The van der Waals surface area contributed by atoms with Crippen LogP contribution in [0.4, 0.5) is 0 Å². The van der Waals surface area contributed by atoms with E-state index in [-0.39, 0.29) is 7.56 Å². The fraction of sp³-hybridized carbons (Fsp3) is 0.455. The highest BCUT2D eigenvalue weighted by atomic mass is 79.9. The second-order valence-corrected chi connectivity index (χ2v) is 9.10. The van der Waals surface area contributed by atoms with Crippen LogP contribution in [0.15, 0.2) is 24.3 Å². The predicted molar refractivity (Wildman–Crippen MR) is 75.3 cm³/mol. The van der Waals surface area contributed by atoms with Crippen molar-refractivity contribution < 1.29 is 9.47 Å². The van der Waals surface area contributed by atoms with E-state index in [1.54, 1.807) is 7.11 Å². The Hall–Kier alpha value is 0.260. The molecule has 1 saturated carbocycles. The van der Waals surface area contributed by atoms with Gasteiger partial charge >= 0.3 is 0 Å². The molecule has 0 N–H and O–H groups in total. The molecule has 5 heteroatoms. The first-order valence-electron chi connectivity index (χ1n) is 4.80. The highest BCUT2D eigenvalue weighted by Crippen LogP contribution is 2.64. The summed E-state index contributed by atoms with van der Waals surface area (Å²) in [6, 6.07) is 7.58. The normalized spacial score (nSPS) is 26.2. The first-order chi connectivity index (χ1) is 7.47. The third kappa shape index (κ3) is 2.57.